The largest absolute Gasteiger partial charge is 0.506 e. The maximum atomic E-state index is 9.79. The van der Waals surface area contributed by atoms with Gasteiger partial charge in [-0.15, -0.1) is 5.10 Å². The van der Waals surface area contributed by atoms with Crippen molar-refractivity contribution in [3.8, 4) is 22.3 Å². The quantitative estimate of drug-likeness (QED) is 0.608. The van der Waals surface area contributed by atoms with Gasteiger partial charge in [0.25, 0.3) is 5.19 Å². The molecule has 4 heterocycles. The first kappa shape index (κ1) is 11.2. The van der Waals surface area contributed by atoms with E-state index in [-0.39, 0.29) is 5.75 Å². The van der Waals surface area contributed by atoms with E-state index < -0.39 is 0 Å². The molecule has 0 unspecified atom stereocenters. The van der Waals surface area contributed by atoms with Gasteiger partial charge in [-0.2, -0.15) is 5.10 Å². The van der Waals surface area contributed by atoms with E-state index in [1.165, 1.54) is 11.3 Å². The van der Waals surface area contributed by atoms with Crippen LogP contribution >= 0.6 is 11.3 Å². The molecule has 0 bridgehead atoms. The predicted molar refractivity (Wildman–Crippen MR) is 73.3 cm³/mol. The van der Waals surface area contributed by atoms with E-state index in [2.05, 4.69) is 15.2 Å². The van der Waals surface area contributed by atoms with Gasteiger partial charge < -0.3 is 9.84 Å². The van der Waals surface area contributed by atoms with E-state index in [0.29, 0.717) is 22.1 Å². The molecule has 0 spiro atoms. The zero-order valence-electron chi connectivity index (χ0n) is 10.4. The van der Waals surface area contributed by atoms with Crippen LogP contribution in [0.5, 0.6) is 10.9 Å². The maximum Gasteiger partial charge on any atom is 0.294 e. The Balaban J connectivity index is 1.87. The number of imidazole rings is 1. The molecule has 4 aromatic heterocycles. The molecule has 4 aromatic rings. The van der Waals surface area contributed by atoms with E-state index in [0.717, 1.165) is 4.96 Å². The average molecular weight is 287 g/mol. The lowest BCUT2D eigenvalue weighted by atomic mass is 10.3. The number of ether oxygens (including phenoxy) is 1. The lowest BCUT2D eigenvalue weighted by molar-refractivity contribution is 0.405. The highest BCUT2D eigenvalue weighted by atomic mass is 32.1. The Morgan fingerprint density at radius 1 is 1.25 bits per heavy atom. The van der Waals surface area contributed by atoms with Crippen molar-refractivity contribution in [3.05, 3.63) is 30.6 Å². The summed E-state index contributed by atoms with van der Waals surface area (Å²) in [6.45, 7) is 0. The van der Waals surface area contributed by atoms with Gasteiger partial charge in [0.15, 0.2) is 0 Å². The fraction of sp³-hybridized carbons (Fsp3) is 0.0833. The minimum atomic E-state index is 0.187. The molecule has 4 rings (SSSR count). The lowest BCUT2D eigenvalue weighted by Crippen LogP contribution is -1.86. The average Bonchev–Trinajstić information content (AvgIpc) is 3.09. The van der Waals surface area contributed by atoms with Gasteiger partial charge in [0.2, 0.25) is 4.96 Å². The molecule has 0 saturated heterocycles. The normalized spacial score (nSPS) is 11.4. The van der Waals surface area contributed by atoms with Crippen LogP contribution in [0.4, 0.5) is 0 Å². The fourth-order valence-electron chi connectivity index (χ4n) is 2.01. The van der Waals surface area contributed by atoms with Crippen molar-refractivity contribution < 1.29 is 9.84 Å². The fourth-order valence-corrected chi connectivity index (χ4v) is 2.71. The molecule has 0 aliphatic heterocycles. The Bertz CT molecular complexity index is 891. The number of fused-ring (bicyclic) bond motifs is 2. The van der Waals surface area contributed by atoms with Gasteiger partial charge in [-0.25, -0.2) is 14.0 Å². The summed E-state index contributed by atoms with van der Waals surface area (Å²) in [6.07, 6.45) is 3.56. The molecule has 20 heavy (non-hydrogen) atoms. The number of hydrogen-bond donors (Lipinski definition) is 1. The standard InChI is InChI=1S/C12H9N5O2S/c1-19-12-15-17-6-8(13-11(17)20-12)7-5-9-10(18)3-2-4-16(9)14-7/h2-6,18H,1H3. The molecule has 0 aliphatic rings. The van der Waals surface area contributed by atoms with E-state index in [9.17, 15) is 5.11 Å². The van der Waals surface area contributed by atoms with E-state index >= 15 is 0 Å². The van der Waals surface area contributed by atoms with Crippen LogP contribution in [0, 0.1) is 0 Å². The molecular weight excluding hydrogens is 278 g/mol. The minimum absolute atomic E-state index is 0.187. The Morgan fingerprint density at radius 2 is 2.15 bits per heavy atom. The van der Waals surface area contributed by atoms with Crippen LogP contribution in [-0.2, 0) is 0 Å². The van der Waals surface area contributed by atoms with E-state index in [4.69, 9.17) is 4.74 Å². The van der Waals surface area contributed by atoms with E-state index in [1.807, 2.05) is 0 Å². The number of rotatable bonds is 2. The summed E-state index contributed by atoms with van der Waals surface area (Å²) in [5.41, 5.74) is 2.03. The Hall–Kier alpha value is -2.61. The molecule has 0 atom stereocenters. The Labute approximate surface area is 116 Å². The van der Waals surface area contributed by atoms with Crippen molar-refractivity contribution >= 4 is 21.8 Å². The van der Waals surface area contributed by atoms with Gasteiger partial charge in [0, 0.05) is 6.20 Å². The van der Waals surface area contributed by atoms with Gasteiger partial charge in [-0.3, -0.25) is 0 Å². The van der Waals surface area contributed by atoms with Crippen LogP contribution in [0.1, 0.15) is 0 Å². The Kier molecular flexibility index (Phi) is 2.21. The van der Waals surface area contributed by atoms with Crippen molar-refractivity contribution in [1.29, 1.82) is 0 Å². The molecule has 1 N–H and O–H groups in total. The maximum absolute atomic E-state index is 9.79. The van der Waals surface area contributed by atoms with E-state index in [1.54, 1.807) is 46.7 Å². The van der Waals surface area contributed by atoms with Gasteiger partial charge >= 0.3 is 0 Å². The van der Waals surface area contributed by atoms with Gasteiger partial charge in [-0.1, -0.05) is 0 Å². The summed E-state index contributed by atoms with van der Waals surface area (Å²) >= 11 is 1.36. The van der Waals surface area contributed by atoms with Gasteiger partial charge in [0.1, 0.15) is 22.7 Å². The summed E-state index contributed by atoms with van der Waals surface area (Å²) in [6, 6.07) is 5.15. The molecule has 100 valence electrons. The summed E-state index contributed by atoms with van der Waals surface area (Å²) in [4.78, 5) is 5.19. The molecule has 0 aromatic carbocycles. The molecule has 0 aliphatic carbocycles. The predicted octanol–water partition coefficient (Wildman–Crippen LogP) is 1.82. The first-order valence-electron chi connectivity index (χ1n) is 5.82. The molecular formula is C12H9N5O2S. The summed E-state index contributed by atoms with van der Waals surface area (Å²) in [5, 5.41) is 19.0. The van der Waals surface area contributed by atoms with Crippen LogP contribution in [-0.4, -0.2) is 36.4 Å². The minimum Gasteiger partial charge on any atom is -0.506 e. The third-order valence-electron chi connectivity index (χ3n) is 2.94. The number of nitrogens with zero attached hydrogens (tertiary/aromatic N) is 5. The van der Waals surface area contributed by atoms with Crippen molar-refractivity contribution in [2.45, 2.75) is 0 Å². The SMILES string of the molecule is COc1nn2cc(-c3cc4c(O)cccn4n3)nc2s1. The van der Waals surface area contributed by atoms with Crippen molar-refractivity contribution in [2.75, 3.05) is 7.11 Å². The second kappa shape index (κ2) is 3.94. The molecule has 0 fully saturated rings. The molecule has 7 nitrogen and oxygen atoms in total. The van der Waals surface area contributed by atoms with Gasteiger partial charge in [0.05, 0.1) is 13.3 Å². The van der Waals surface area contributed by atoms with Crippen molar-refractivity contribution in [3.63, 3.8) is 0 Å². The smallest absolute Gasteiger partial charge is 0.294 e. The second-order valence-corrected chi connectivity index (χ2v) is 5.10. The topological polar surface area (TPSA) is 77.0 Å². The number of methoxy groups -OCH3 is 1. The highest BCUT2D eigenvalue weighted by molar-refractivity contribution is 7.18. The number of aromatic hydroxyl groups is 1. The first-order valence-corrected chi connectivity index (χ1v) is 6.64. The van der Waals surface area contributed by atoms with Crippen LogP contribution in [0.3, 0.4) is 0 Å². The van der Waals surface area contributed by atoms with Gasteiger partial charge in [-0.05, 0) is 29.5 Å². The highest BCUT2D eigenvalue weighted by Crippen LogP contribution is 2.27. The number of pyridine rings is 1. The Morgan fingerprint density at radius 3 is 2.90 bits per heavy atom. The summed E-state index contributed by atoms with van der Waals surface area (Å²) < 4.78 is 8.33. The van der Waals surface area contributed by atoms with Crippen molar-refractivity contribution in [2.24, 2.45) is 0 Å². The summed E-state index contributed by atoms with van der Waals surface area (Å²) in [5.74, 6) is 0.187. The molecule has 8 heteroatoms. The lowest BCUT2D eigenvalue weighted by Gasteiger charge is -1.93. The zero-order valence-corrected chi connectivity index (χ0v) is 11.2. The van der Waals surface area contributed by atoms with Crippen molar-refractivity contribution in [1.82, 2.24) is 24.2 Å². The first-order chi connectivity index (χ1) is 9.74. The highest BCUT2D eigenvalue weighted by Gasteiger charge is 2.13. The number of hydrogen-bond acceptors (Lipinski definition) is 6. The molecule has 0 saturated carbocycles. The zero-order chi connectivity index (χ0) is 13.7. The van der Waals surface area contributed by atoms with Crippen LogP contribution in [0.15, 0.2) is 30.6 Å². The molecule has 0 amide bonds. The monoisotopic (exact) mass is 287 g/mol. The second-order valence-electron chi connectivity index (χ2n) is 4.18. The molecule has 0 radical (unpaired) electrons. The van der Waals surface area contributed by atoms with Crippen LogP contribution in [0.2, 0.25) is 0 Å². The van der Waals surface area contributed by atoms with Crippen LogP contribution in [0.25, 0.3) is 21.9 Å². The third-order valence-corrected chi connectivity index (χ3v) is 3.83. The number of aromatic nitrogens is 5. The van der Waals surface area contributed by atoms with Crippen LogP contribution < -0.4 is 4.74 Å². The summed E-state index contributed by atoms with van der Waals surface area (Å²) in [7, 11) is 1.57. The third kappa shape index (κ3) is 1.55.